The first kappa shape index (κ1) is 25.8. The van der Waals surface area contributed by atoms with Gasteiger partial charge in [0.2, 0.25) is 0 Å². The molecule has 1 saturated heterocycles. The van der Waals surface area contributed by atoms with Crippen molar-refractivity contribution in [3.8, 4) is 5.75 Å². The minimum absolute atomic E-state index is 0. The van der Waals surface area contributed by atoms with Crippen LogP contribution in [0.25, 0.3) is 0 Å². The number of rotatable bonds is 9. The summed E-state index contributed by atoms with van der Waals surface area (Å²) in [5.41, 5.74) is 0.252. The van der Waals surface area contributed by atoms with Crippen LogP contribution in [0.15, 0.2) is 29.3 Å². The molecule has 1 atom stereocenters. The van der Waals surface area contributed by atoms with E-state index in [2.05, 4.69) is 20.4 Å². The fraction of sp³-hybridized carbons (Fsp3) is 0.632. The number of guanidine groups is 1. The topological polar surface area (TPSA) is 84.3 Å². The van der Waals surface area contributed by atoms with Crippen molar-refractivity contribution in [2.75, 3.05) is 40.0 Å². The molecule has 166 valence electrons. The standard InChI is InChI=1S/C19H29F2N3O4.HI/c1-3-22-18(24-13-19(26-2)8-10-27-11-9-19)23-12-16(25)14-4-6-15(7-5-14)28-17(20)21;/h4-7,16-17,25H,3,8-13H2,1-2H3,(H2,22,23,24);1H. The molecule has 0 aliphatic carbocycles. The van der Waals surface area contributed by atoms with Gasteiger partial charge in [0.15, 0.2) is 5.96 Å². The van der Waals surface area contributed by atoms with Gasteiger partial charge in [-0.15, -0.1) is 24.0 Å². The van der Waals surface area contributed by atoms with Gasteiger partial charge < -0.3 is 30.0 Å². The molecule has 29 heavy (non-hydrogen) atoms. The Morgan fingerprint density at radius 2 is 1.90 bits per heavy atom. The van der Waals surface area contributed by atoms with Gasteiger partial charge in [0.25, 0.3) is 0 Å². The Morgan fingerprint density at radius 1 is 1.24 bits per heavy atom. The van der Waals surface area contributed by atoms with Gasteiger partial charge in [0, 0.05) is 46.3 Å². The second-order valence-corrected chi connectivity index (χ2v) is 6.54. The average Bonchev–Trinajstić information content (AvgIpc) is 2.70. The minimum Gasteiger partial charge on any atom is -0.435 e. The summed E-state index contributed by atoms with van der Waals surface area (Å²) in [5, 5.41) is 16.6. The fourth-order valence-corrected chi connectivity index (χ4v) is 2.92. The maximum absolute atomic E-state index is 12.2. The number of aliphatic hydroxyl groups excluding tert-OH is 1. The molecule has 0 spiro atoms. The predicted molar refractivity (Wildman–Crippen MR) is 117 cm³/mol. The first-order valence-corrected chi connectivity index (χ1v) is 9.36. The summed E-state index contributed by atoms with van der Waals surface area (Å²) < 4.78 is 39.8. The Hall–Kier alpha value is -1.24. The van der Waals surface area contributed by atoms with Crippen LogP contribution >= 0.6 is 24.0 Å². The maximum Gasteiger partial charge on any atom is 0.387 e. The molecule has 1 heterocycles. The van der Waals surface area contributed by atoms with Crippen LogP contribution in [0.2, 0.25) is 0 Å². The number of ether oxygens (including phenoxy) is 3. The number of methoxy groups -OCH3 is 1. The Balaban J connectivity index is 0.00000420. The zero-order valence-corrected chi connectivity index (χ0v) is 19.0. The molecule has 7 nitrogen and oxygen atoms in total. The predicted octanol–water partition coefficient (Wildman–Crippen LogP) is 2.69. The normalized spacial score (nSPS) is 17.4. The first-order valence-electron chi connectivity index (χ1n) is 9.36. The number of nitrogens with one attached hydrogen (secondary N) is 2. The van der Waals surface area contributed by atoms with Crippen molar-refractivity contribution in [1.82, 2.24) is 10.6 Å². The molecule has 0 radical (unpaired) electrons. The number of aliphatic imine (C=N–C) groups is 1. The molecule has 10 heteroatoms. The van der Waals surface area contributed by atoms with Crippen molar-refractivity contribution >= 4 is 29.9 Å². The lowest BCUT2D eigenvalue weighted by Gasteiger charge is -2.34. The highest BCUT2D eigenvalue weighted by molar-refractivity contribution is 14.0. The van der Waals surface area contributed by atoms with E-state index >= 15 is 0 Å². The lowest BCUT2D eigenvalue weighted by atomic mass is 9.94. The van der Waals surface area contributed by atoms with Crippen LogP contribution in [-0.2, 0) is 9.47 Å². The van der Waals surface area contributed by atoms with Gasteiger partial charge in [-0.2, -0.15) is 8.78 Å². The van der Waals surface area contributed by atoms with Crippen LogP contribution in [0.5, 0.6) is 5.75 Å². The van der Waals surface area contributed by atoms with Crippen molar-refractivity contribution in [3.05, 3.63) is 29.8 Å². The number of benzene rings is 1. The van der Waals surface area contributed by atoms with Crippen LogP contribution < -0.4 is 15.4 Å². The lowest BCUT2D eigenvalue weighted by molar-refractivity contribution is -0.0828. The number of halogens is 3. The van der Waals surface area contributed by atoms with Crippen LogP contribution in [0.3, 0.4) is 0 Å². The second-order valence-electron chi connectivity index (χ2n) is 6.54. The van der Waals surface area contributed by atoms with Gasteiger partial charge in [-0.3, -0.25) is 4.99 Å². The molecule has 0 saturated carbocycles. The quantitative estimate of drug-likeness (QED) is 0.259. The molecule has 2 rings (SSSR count). The van der Waals surface area contributed by atoms with Crippen molar-refractivity contribution in [2.24, 2.45) is 4.99 Å². The minimum atomic E-state index is -2.87. The molecular formula is C19H30F2IN3O4. The van der Waals surface area contributed by atoms with E-state index in [1.165, 1.54) is 12.1 Å². The number of nitrogens with zero attached hydrogens (tertiary/aromatic N) is 1. The van der Waals surface area contributed by atoms with Gasteiger partial charge in [0.1, 0.15) is 5.75 Å². The summed E-state index contributed by atoms with van der Waals surface area (Å²) >= 11 is 0. The van der Waals surface area contributed by atoms with Crippen LogP contribution in [0.1, 0.15) is 31.4 Å². The Labute approximate surface area is 187 Å². The van der Waals surface area contributed by atoms with Crippen LogP contribution in [-0.4, -0.2) is 63.2 Å². The van der Waals surface area contributed by atoms with Crippen LogP contribution in [0.4, 0.5) is 8.78 Å². The largest absolute Gasteiger partial charge is 0.435 e. The molecule has 1 aromatic carbocycles. The Morgan fingerprint density at radius 3 is 2.45 bits per heavy atom. The number of hydrogen-bond donors (Lipinski definition) is 3. The molecular weight excluding hydrogens is 499 g/mol. The molecule has 0 amide bonds. The second kappa shape index (κ2) is 13.1. The van der Waals surface area contributed by atoms with E-state index in [0.717, 1.165) is 12.8 Å². The molecule has 0 aromatic heterocycles. The van der Waals surface area contributed by atoms with E-state index in [1.54, 1.807) is 19.2 Å². The summed E-state index contributed by atoms with van der Waals surface area (Å²) in [4.78, 5) is 4.59. The highest BCUT2D eigenvalue weighted by atomic mass is 127. The third-order valence-corrected chi connectivity index (χ3v) is 4.66. The zero-order chi connectivity index (χ0) is 20.4. The highest BCUT2D eigenvalue weighted by Gasteiger charge is 2.32. The summed E-state index contributed by atoms with van der Waals surface area (Å²) in [6, 6.07) is 5.90. The average molecular weight is 529 g/mol. The van der Waals surface area contributed by atoms with Crippen molar-refractivity contribution in [1.29, 1.82) is 0 Å². The number of aliphatic hydroxyl groups is 1. The van der Waals surface area contributed by atoms with E-state index in [-0.39, 0.29) is 41.9 Å². The molecule has 1 unspecified atom stereocenters. The molecule has 0 bridgehead atoms. The van der Waals surface area contributed by atoms with Gasteiger partial charge in [-0.1, -0.05) is 12.1 Å². The van der Waals surface area contributed by atoms with Gasteiger partial charge >= 0.3 is 6.61 Å². The van der Waals surface area contributed by atoms with Gasteiger partial charge in [-0.25, -0.2) is 0 Å². The fourth-order valence-electron chi connectivity index (χ4n) is 2.92. The molecule has 3 N–H and O–H groups in total. The third-order valence-electron chi connectivity index (χ3n) is 4.66. The zero-order valence-electron chi connectivity index (χ0n) is 16.7. The number of hydrogen-bond acceptors (Lipinski definition) is 5. The van der Waals surface area contributed by atoms with E-state index < -0.39 is 12.7 Å². The SMILES string of the molecule is CCNC(=NCC1(OC)CCOCC1)NCC(O)c1ccc(OC(F)F)cc1.I. The molecule has 1 fully saturated rings. The highest BCUT2D eigenvalue weighted by Crippen LogP contribution is 2.24. The molecule has 1 aliphatic heterocycles. The lowest BCUT2D eigenvalue weighted by Crippen LogP contribution is -2.44. The third kappa shape index (κ3) is 8.57. The van der Waals surface area contributed by atoms with Gasteiger partial charge in [0.05, 0.1) is 18.2 Å². The smallest absolute Gasteiger partial charge is 0.387 e. The van der Waals surface area contributed by atoms with Crippen molar-refractivity contribution in [2.45, 2.75) is 38.1 Å². The summed E-state index contributed by atoms with van der Waals surface area (Å²) in [5.74, 6) is 0.622. The summed E-state index contributed by atoms with van der Waals surface area (Å²) in [7, 11) is 1.69. The number of alkyl halides is 2. The molecule has 1 aliphatic rings. The van der Waals surface area contributed by atoms with Crippen LogP contribution in [0, 0.1) is 0 Å². The Kier molecular flexibility index (Phi) is 11.7. The summed E-state index contributed by atoms with van der Waals surface area (Å²) in [6.07, 6.45) is 0.730. The van der Waals surface area contributed by atoms with Gasteiger partial charge in [-0.05, 0) is 24.6 Å². The van der Waals surface area contributed by atoms with E-state index in [4.69, 9.17) is 9.47 Å². The van der Waals surface area contributed by atoms with E-state index in [0.29, 0.717) is 37.8 Å². The molecule has 1 aromatic rings. The van der Waals surface area contributed by atoms with Crippen molar-refractivity contribution < 1.29 is 28.1 Å². The first-order chi connectivity index (χ1) is 13.5. The summed E-state index contributed by atoms with van der Waals surface area (Å²) in [6.45, 7) is 1.75. The van der Waals surface area contributed by atoms with Crippen molar-refractivity contribution in [3.63, 3.8) is 0 Å². The van der Waals surface area contributed by atoms with E-state index in [1.807, 2.05) is 6.92 Å². The maximum atomic E-state index is 12.2. The monoisotopic (exact) mass is 529 g/mol. The van der Waals surface area contributed by atoms with E-state index in [9.17, 15) is 13.9 Å². The Bertz CT molecular complexity index is 614.